The first kappa shape index (κ1) is 13.9. The molecule has 0 heterocycles. The van der Waals surface area contributed by atoms with Crippen molar-refractivity contribution in [1.82, 2.24) is 0 Å². The van der Waals surface area contributed by atoms with E-state index in [-0.39, 0.29) is 11.9 Å². The molecule has 0 aliphatic heterocycles. The summed E-state index contributed by atoms with van der Waals surface area (Å²) in [5.41, 5.74) is 6.88. The summed E-state index contributed by atoms with van der Waals surface area (Å²) in [7, 11) is 0. The van der Waals surface area contributed by atoms with Crippen molar-refractivity contribution in [3.05, 3.63) is 29.6 Å². The van der Waals surface area contributed by atoms with Gasteiger partial charge in [-0.05, 0) is 49.4 Å². The SMILES string of the molecule is CC1CCCC(Sc2ccc(F)cc2[C@@H](C)N)C1. The summed E-state index contributed by atoms with van der Waals surface area (Å²) in [5.74, 6) is 0.624. The van der Waals surface area contributed by atoms with Gasteiger partial charge in [-0.25, -0.2) is 4.39 Å². The predicted molar refractivity (Wildman–Crippen MR) is 76.3 cm³/mol. The van der Waals surface area contributed by atoms with E-state index in [1.165, 1.54) is 25.7 Å². The van der Waals surface area contributed by atoms with Crippen molar-refractivity contribution in [2.45, 2.75) is 55.7 Å². The Labute approximate surface area is 113 Å². The molecule has 0 radical (unpaired) electrons. The van der Waals surface area contributed by atoms with E-state index in [0.717, 1.165) is 16.4 Å². The van der Waals surface area contributed by atoms with E-state index in [0.29, 0.717) is 5.25 Å². The second-order valence-corrected chi connectivity index (χ2v) is 6.82. The highest BCUT2D eigenvalue weighted by atomic mass is 32.2. The molecule has 1 fully saturated rings. The van der Waals surface area contributed by atoms with Crippen molar-refractivity contribution < 1.29 is 4.39 Å². The fraction of sp³-hybridized carbons (Fsp3) is 0.600. The third kappa shape index (κ3) is 3.48. The van der Waals surface area contributed by atoms with Gasteiger partial charge >= 0.3 is 0 Å². The molecule has 3 heteroatoms. The van der Waals surface area contributed by atoms with Gasteiger partial charge in [-0.2, -0.15) is 0 Å². The average Bonchev–Trinajstić information content (AvgIpc) is 2.31. The lowest BCUT2D eigenvalue weighted by molar-refractivity contribution is 0.394. The summed E-state index contributed by atoms with van der Waals surface area (Å²) < 4.78 is 13.3. The summed E-state index contributed by atoms with van der Waals surface area (Å²) >= 11 is 1.89. The molecule has 3 atom stereocenters. The summed E-state index contributed by atoms with van der Waals surface area (Å²) in [6.07, 6.45) is 5.19. The maximum absolute atomic E-state index is 13.3. The van der Waals surface area contributed by atoms with Crippen molar-refractivity contribution >= 4 is 11.8 Å². The summed E-state index contributed by atoms with van der Waals surface area (Å²) in [6.45, 7) is 4.24. The minimum Gasteiger partial charge on any atom is -0.324 e. The first-order valence-corrected chi connectivity index (χ1v) is 7.66. The van der Waals surface area contributed by atoms with E-state index in [4.69, 9.17) is 5.73 Å². The second-order valence-electron chi connectivity index (χ2n) is 5.48. The van der Waals surface area contributed by atoms with Crippen LogP contribution in [0, 0.1) is 11.7 Å². The Morgan fingerprint density at radius 2 is 2.17 bits per heavy atom. The number of nitrogens with two attached hydrogens (primary N) is 1. The smallest absolute Gasteiger partial charge is 0.123 e. The fourth-order valence-corrected chi connectivity index (χ4v) is 4.24. The van der Waals surface area contributed by atoms with Crippen LogP contribution in [0.5, 0.6) is 0 Å². The van der Waals surface area contributed by atoms with E-state index < -0.39 is 0 Å². The standard InChI is InChI=1S/C15H22FNS/c1-10-4-3-5-13(8-10)18-15-7-6-12(16)9-14(15)11(2)17/h6-7,9-11,13H,3-5,8,17H2,1-2H3/t10?,11-,13?/m1/s1. The highest BCUT2D eigenvalue weighted by Crippen LogP contribution is 2.38. The molecule has 1 nitrogen and oxygen atoms in total. The van der Waals surface area contributed by atoms with E-state index in [1.54, 1.807) is 12.1 Å². The Kier molecular flexibility index (Phi) is 4.68. The lowest BCUT2D eigenvalue weighted by Gasteiger charge is -2.27. The summed E-state index contributed by atoms with van der Waals surface area (Å²) in [5, 5.41) is 0.664. The van der Waals surface area contributed by atoms with Gasteiger partial charge in [0.25, 0.3) is 0 Å². The van der Waals surface area contributed by atoms with E-state index in [1.807, 2.05) is 24.8 Å². The number of benzene rings is 1. The van der Waals surface area contributed by atoms with Gasteiger partial charge < -0.3 is 5.73 Å². The first-order chi connectivity index (χ1) is 8.56. The largest absolute Gasteiger partial charge is 0.324 e. The minimum absolute atomic E-state index is 0.107. The van der Waals surface area contributed by atoms with Crippen LogP contribution < -0.4 is 5.73 Å². The van der Waals surface area contributed by atoms with Crippen LogP contribution in [0.25, 0.3) is 0 Å². The van der Waals surface area contributed by atoms with Crippen LogP contribution in [0.15, 0.2) is 23.1 Å². The molecule has 0 bridgehead atoms. The van der Waals surface area contributed by atoms with E-state index in [9.17, 15) is 4.39 Å². The topological polar surface area (TPSA) is 26.0 Å². The Morgan fingerprint density at radius 3 is 2.83 bits per heavy atom. The van der Waals surface area contributed by atoms with Crippen molar-refractivity contribution in [2.75, 3.05) is 0 Å². The summed E-state index contributed by atoms with van der Waals surface area (Å²) in [4.78, 5) is 1.16. The molecular weight excluding hydrogens is 245 g/mol. The van der Waals surface area contributed by atoms with Gasteiger partial charge in [0.2, 0.25) is 0 Å². The average molecular weight is 267 g/mol. The van der Waals surface area contributed by atoms with Crippen molar-refractivity contribution in [1.29, 1.82) is 0 Å². The number of hydrogen-bond donors (Lipinski definition) is 1. The third-order valence-electron chi connectivity index (χ3n) is 3.64. The quantitative estimate of drug-likeness (QED) is 0.871. The van der Waals surface area contributed by atoms with Crippen LogP contribution >= 0.6 is 11.8 Å². The molecule has 0 aromatic heterocycles. The molecule has 100 valence electrons. The molecule has 2 N–H and O–H groups in total. The maximum Gasteiger partial charge on any atom is 0.123 e. The van der Waals surface area contributed by atoms with Crippen LogP contribution in [-0.2, 0) is 0 Å². The first-order valence-electron chi connectivity index (χ1n) is 6.78. The van der Waals surface area contributed by atoms with Crippen molar-refractivity contribution in [3.63, 3.8) is 0 Å². The van der Waals surface area contributed by atoms with E-state index in [2.05, 4.69) is 6.92 Å². The predicted octanol–water partition coefficient (Wildman–Crippen LogP) is 4.52. The van der Waals surface area contributed by atoms with Crippen molar-refractivity contribution in [2.24, 2.45) is 11.7 Å². The fourth-order valence-electron chi connectivity index (χ4n) is 2.65. The Hall–Kier alpha value is -0.540. The zero-order chi connectivity index (χ0) is 13.1. The third-order valence-corrected chi connectivity index (χ3v) is 5.03. The Morgan fingerprint density at radius 1 is 1.39 bits per heavy atom. The lowest BCUT2D eigenvalue weighted by atomic mass is 9.91. The zero-order valence-corrected chi connectivity index (χ0v) is 12.0. The van der Waals surface area contributed by atoms with E-state index >= 15 is 0 Å². The maximum atomic E-state index is 13.3. The van der Waals surface area contributed by atoms with Crippen LogP contribution in [0.4, 0.5) is 4.39 Å². The molecule has 0 amide bonds. The molecule has 2 unspecified atom stereocenters. The van der Waals surface area contributed by atoms with Gasteiger partial charge in [0, 0.05) is 16.2 Å². The Balaban J connectivity index is 2.12. The molecule has 1 aromatic rings. The lowest BCUT2D eigenvalue weighted by Crippen LogP contribution is -2.16. The normalized spacial score (nSPS) is 26.0. The van der Waals surface area contributed by atoms with Gasteiger partial charge in [0.15, 0.2) is 0 Å². The molecule has 0 spiro atoms. The molecular formula is C15H22FNS. The number of thioether (sulfide) groups is 1. The molecule has 1 aromatic carbocycles. The second kappa shape index (κ2) is 6.07. The van der Waals surface area contributed by atoms with Gasteiger partial charge in [-0.3, -0.25) is 0 Å². The van der Waals surface area contributed by atoms with Gasteiger partial charge in [0.05, 0.1) is 0 Å². The zero-order valence-electron chi connectivity index (χ0n) is 11.2. The minimum atomic E-state index is -0.191. The van der Waals surface area contributed by atoms with Crippen LogP contribution in [0.2, 0.25) is 0 Å². The molecule has 2 rings (SSSR count). The van der Waals surface area contributed by atoms with Crippen LogP contribution in [0.3, 0.4) is 0 Å². The number of hydrogen-bond acceptors (Lipinski definition) is 2. The molecule has 18 heavy (non-hydrogen) atoms. The van der Waals surface area contributed by atoms with Gasteiger partial charge in [-0.15, -0.1) is 11.8 Å². The van der Waals surface area contributed by atoms with Gasteiger partial charge in [-0.1, -0.05) is 19.8 Å². The molecule has 1 saturated carbocycles. The molecule has 0 saturated heterocycles. The molecule has 1 aliphatic carbocycles. The van der Waals surface area contributed by atoms with Gasteiger partial charge in [0.1, 0.15) is 5.82 Å². The number of rotatable bonds is 3. The summed E-state index contributed by atoms with van der Waals surface area (Å²) in [6, 6.07) is 4.90. The molecule has 1 aliphatic rings. The monoisotopic (exact) mass is 267 g/mol. The van der Waals surface area contributed by atoms with Crippen molar-refractivity contribution in [3.8, 4) is 0 Å². The highest BCUT2D eigenvalue weighted by Gasteiger charge is 2.21. The van der Waals surface area contributed by atoms with Crippen LogP contribution in [-0.4, -0.2) is 5.25 Å². The highest BCUT2D eigenvalue weighted by molar-refractivity contribution is 8.00. The number of halogens is 1. The Bertz CT molecular complexity index is 405. The van der Waals surface area contributed by atoms with Crippen LogP contribution in [0.1, 0.15) is 51.1 Å².